The number of benzene rings is 1. The summed E-state index contributed by atoms with van der Waals surface area (Å²) in [6.07, 6.45) is 42.3. The molecule has 0 aliphatic carbocycles. The van der Waals surface area contributed by atoms with Crippen LogP contribution in [0.5, 0.6) is 0 Å². The normalized spacial score (nSPS) is 12.3. The molecule has 1 atom stereocenters. The van der Waals surface area contributed by atoms with Gasteiger partial charge in [0.1, 0.15) is 0 Å². The third kappa shape index (κ3) is 21.5. The van der Waals surface area contributed by atoms with Gasteiger partial charge in [-0.1, -0.05) is 189 Å². The molecule has 6 heteroatoms. The van der Waals surface area contributed by atoms with Gasteiger partial charge >= 0.3 is 0 Å². The van der Waals surface area contributed by atoms with Crippen molar-refractivity contribution in [3.8, 4) is 0 Å². The lowest BCUT2D eigenvalue weighted by molar-refractivity contribution is -0.833. The summed E-state index contributed by atoms with van der Waals surface area (Å²) < 4.78 is 53.7. The van der Waals surface area contributed by atoms with Gasteiger partial charge in [-0.3, -0.25) is 4.90 Å². The van der Waals surface area contributed by atoms with Crippen molar-refractivity contribution in [3.05, 3.63) is 28.8 Å². The Hall–Kier alpha value is -1.04. The zero-order valence-electron chi connectivity index (χ0n) is 34.5. The predicted octanol–water partition coefficient (Wildman–Crippen LogP) is 15.4. The van der Waals surface area contributed by atoms with E-state index in [1.54, 1.807) is 32.2 Å². The Bertz CT molecular complexity index is 825. The van der Waals surface area contributed by atoms with Crippen LogP contribution < -0.4 is 4.90 Å². The number of hydrogen-bond acceptors (Lipinski definition) is 0. The number of hydrogen-bond donors (Lipinski definition) is 1. The smallest absolute Gasteiger partial charge is 0.225 e. The van der Waals surface area contributed by atoms with Crippen LogP contribution in [0.2, 0.25) is 25.3 Å². The van der Waals surface area contributed by atoms with Gasteiger partial charge in [-0.05, 0) is 20.3 Å². The molecule has 0 radical (unpaired) electrons. The van der Waals surface area contributed by atoms with E-state index in [4.69, 9.17) is 0 Å². The van der Waals surface area contributed by atoms with Crippen molar-refractivity contribution in [2.45, 2.75) is 234 Å². The van der Waals surface area contributed by atoms with Gasteiger partial charge < -0.3 is 0 Å². The molecule has 0 spiro atoms. The lowest BCUT2D eigenvalue weighted by Gasteiger charge is -2.41. The lowest BCUT2D eigenvalue weighted by atomic mass is 9.17. The molecule has 0 aliphatic heterocycles. The Kier molecular flexibility index (Phi) is 31.9. The summed E-state index contributed by atoms with van der Waals surface area (Å²) >= 11 is 0. The third-order valence-electron chi connectivity index (χ3n) is 11.5. The van der Waals surface area contributed by atoms with E-state index in [0.29, 0.717) is 24.4 Å². The van der Waals surface area contributed by atoms with Crippen LogP contribution in [0.25, 0.3) is 0 Å². The van der Waals surface area contributed by atoms with Crippen molar-refractivity contribution in [3.63, 3.8) is 0 Å². The summed E-state index contributed by atoms with van der Waals surface area (Å²) in [5.74, 6) is -5.46. The Morgan fingerprint density at radius 3 is 1.00 bits per heavy atom. The molecule has 1 nitrogen and oxygen atoms in total. The van der Waals surface area contributed by atoms with E-state index in [9.17, 15) is 17.6 Å². The summed E-state index contributed by atoms with van der Waals surface area (Å²) in [6, 6.07) is 0. The van der Waals surface area contributed by atoms with E-state index in [1.807, 2.05) is 6.92 Å². The van der Waals surface area contributed by atoms with E-state index < -0.39 is 34.5 Å². The molecule has 0 saturated carbocycles. The highest BCUT2D eigenvalue weighted by Gasteiger charge is 2.29. The number of halogens is 4. The molecule has 1 N–H and O–H groups in total. The molecule has 0 fully saturated rings. The van der Waals surface area contributed by atoms with Crippen molar-refractivity contribution < 1.29 is 22.5 Å². The topological polar surface area (TPSA) is 4.44 Å². The molecule has 1 aromatic rings. The van der Waals surface area contributed by atoms with Crippen LogP contribution in [0.4, 0.5) is 23.2 Å². The molecule has 50 heavy (non-hydrogen) atoms. The molecule has 0 aromatic heterocycles. The zero-order valence-corrected chi connectivity index (χ0v) is 34.5. The van der Waals surface area contributed by atoms with Crippen molar-refractivity contribution in [2.24, 2.45) is 0 Å². The SMILES string of the molecule is CCCCCCCC[B-](CCCCCCCC)(CCCCCCCC)CCCCCCCC.CCC[NH+](CC)c1c(F)c(C)c(F)c(F)c1F. The van der Waals surface area contributed by atoms with Gasteiger partial charge in [0.05, 0.1) is 13.1 Å². The second-order valence-corrected chi connectivity index (χ2v) is 15.9. The molecular weight excluding hydrogens is 629 g/mol. The number of nitrogens with one attached hydrogen (secondary N) is 1. The van der Waals surface area contributed by atoms with E-state index in [0.717, 1.165) is 6.92 Å². The van der Waals surface area contributed by atoms with Crippen molar-refractivity contribution in [1.82, 2.24) is 0 Å². The molecule has 0 heterocycles. The van der Waals surface area contributed by atoms with E-state index in [2.05, 4.69) is 27.7 Å². The average Bonchev–Trinajstić information content (AvgIpc) is 3.12. The van der Waals surface area contributed by atoms with E-state index in [-0.39, 0.29) is 6.15 Å². The fourth-order valence-corrected chi connectivity index (χ4v) is 8.14. The largest absolute Gasteiger partial charge is 0.298 e. The van der Waals surface area contributed by atoms with Gasteiger partial charge in [-0.2, -0.15) is 34.1 Å². The van der Waals surface area contributed by atoms with Crippen LogP contribution in [0, 0.1) is 30.2 Å². The van der Waals surface area contributed by atoms with Crippen LogP contribution in [0.15, 0.2) is 0 Å². The fraction of sp³-hybridized carbons (Fsp3) is 0.864. The molecule has 1 unspecified atom stereocenters. The molecule has 0 amide bonds. The number of unbranched alkanes of at least 4 members (excludes halogenated alkanes) is 20. The zero-order chi connectivity index (χ0) is 37.5. The lowest BCUT2D eigenvalue weighted by Crippen LogP contribution is -3.07. The van der Waals surface area contributed by atoms with Gasteiger partial charge in [-0.15, -0.1) is 0 Å². The van der Waals surface area contributed by atoms with Gasteiger partial charge in [0.25, 0.3) is 0 Å². The van der Waals surface area contributed by atoms with E-state index >= 15 is 0 Å². The van der Waals surface area contributed by atoms with Crippen molar-refractivity contribution in [2.75, 3.05) is 13.1 Å². The Morgan fingerprint density at radius 1 is 0.380 bits per heavy atom. The minimum absolute atomic E-state index is 0.104. The third-order valence-corrected chi connectivity index (χ3v) is 11.5. The fourth-order valence-electron chi connectivity index (χ4n) is 8.14. The van der Waals surface area contributed by atoms with Crippen molar-refractivity contribution in [1.29, 1.82) is 0 Å². The molecule has 0 bridgehead atoms. The molecule has 0 saturated heterocycles. The molecule has 1 rings (SSSR count). The van der Waals surface area contributed by atoms with Crippen LogP contribution in [0.3, 0.4) is 0 Å². The van der Waals surface area contributed by atoms with Crippen LogP contribution in [-0.4, -0.2) is 19.2 Å². The summed E-state index contributed by atoms with van der Waals surface area (Å²) in [4.78, 5) is 0.476. The summed E-state index contributed by atoms with van der Waals surface area (Å²) in [5, 5.41) is 0. The van der Waals surface area contributed by atoms with Crippen molar-refractivity contribution >= 4 is 11.8 Å². The highest BCUT2D eigenvalue weighted by Crippen LogP contribution is 2.35. The van der Waals surface area contributed by atoms with Crippen LogP contribution >= 0.6 is 0 Å². The first-order valence-electron chi connectivity index (χ1n) is 22.1. The average molecular weight is 714 g/mol. The summed E-state index contributed by atoms with van der Waals surface area (Å²) in [6.45, 7) is 15.0. The maximum Gasteiger partial charge on any atom is 0.225 e. The first-order valence-corrected chi connectivity index (χ1v) is 22.1. The second kappa shape index (κ2) is 32.6. The van der Waals surface area contributed by atoms with Gasteiger partial charge in [0, 0.05) is 11.7 Å². The van der Waals surface area contributed by atoms with Crippen LogP contribution in [0.1, 0.15) is 208 Å². The first-order chi connectivity index (χ1) is 24.2. The highest BCUT2D eigenvalue weighted by atomic mass is 19.2. The van der Waals surface area contributed by atoms with Gasteiger partial charge in [-0.25, -0.2) is 8.78 Å². The monoisotopic (exact) mass is 714 g/mol. The second-order valence-electron chi connectivity index (χ2n) is 15.9. The molecule has 0 aliphatic rings. The predicted molar refractivity (Wildman–Crippen MR) is 216 cm³/mol. The Morgan fingerprint density at radius 2 is 0.700 bits per heavy atom. The molecule has 1 aromatic carbocycles. The quantitative estimate of drug-likeness (QED) is 0.0249. The maximum atomic E-state index is 13.8. The number of quaternary nitrogens is 1. The first kappa shape index (κ1) is 49.0. The summed E-state index contributed by atoms with van der Waals surface area (Å²) in [7, 11) is 0. The van der Waals surface area contributed by atoms with Gasteiger partial charge in [0.15, 0.2) is 11.6 Å². The minimum Gasteiger partial charge on any atom is -0.298 e. The minimum atomic E-state index is -1.60. The van der Waals surface area contributed by atoms with E-state index in [1.165, 1.54) is 154 Å². The van der Waals surface area contributed by atoms with Crippen LogP contribution in [-0.2, 0) is 0 Å². The standard InChI is InChI=1S/C32H68B.C12H15F4N/c1-5-9-13-17-21-25-29-33(30-26-22-18-14-10-6-2,31-27-23-19-15-11-7-3)32-28-24-20-16-12-8-4;1-4-6-17(5-2)12-9(14)7(3)8(13)10(15)11(12)16/h5-32H2,1-4H3;4-6H2,1-3H3/q-1;/p+1. The Balaban J connectivity index is 0.00000117. The highest BCUT2D eigenvalue weighted by molar-refractivity contribution is 6.79. The number of rotatable bonds is 32. The summed E-state index contributed by atoms with van der Waals surface area (Å²) in [5.41, 5.74) is -0.869. The molecular formula is C44H84BF4N. The Labute approximate surface area is 309 Å². The van der Waals surface area contributed by atoms with Gasteiger partial charge in [0.2, 0.25) is 17.3 Å². The molecule has 296 valence electrons. The maximum absolute atomic E-state index is 13.8.